The predicted octanol–water partition coefficient (Wildman–Crippen LogP) is 13.1. The second-order valence-electron chi connectivity index (χ2n) is 13.3. The molecule has 51 heavy (non-hydrogen) atoms. The first kappa shape index (κ1) is 28.0. The lowest BCUT2D eigenvalue weighted by atomic mass is 9.95. The van der Waals surface area contributed by atoms with Gasteiger partial charge < -0.3 is 13.6 Å². The van der Waals surface area contributed by atoms with Gasteiger partial charge in [0.15, 0.2) is 0 Å². The Kier molecular flexibility index (Phi) is 5.96. The van der Waals surface area contributed by atoms with Crippen LogP contribution in [0.1, 0.15) is 0 Å². The molecule has 0 amide bonds. The summed E-state index contributed by atoms with van der Waals surface area (Å²) >= 11 is 0. The van der Waals surface area contributed by atoms with E-state index < -0.39 is 0 Å². The van der Waals surface area contributed by atoms with Crippen LogP contribution in [0.5, 0.6) is 0 Å². The molecule has 3 nitrogen and oxygen atoms in total. The van der Waals surface area contributed by atoms with Gasteiger partial charge in [0.1, 0.15) is 11.2 Å². The Morgan fingerprint density at radius 1 is 0.314 bits per heavy atom. The first-order valence-corrected chi connectivity index (χ1v) is 17.4. The maximum Gasteiger partial charge on any atom is 0.137 e. The molecule has 0 aliphatic heterocycles. The largest absolute Gasteiger partial charge is 0.456 e. The molecule has 0 radical (unpaired) electrons. The molecule has 0 fully saturated rings. The molecule has 3 heterocycles. The van der Waals surface area contributed by atoms with E-state index in [9.17, 15) is 0 Å². The monoisotopic (exact) mass is 650 g/mol. The summed E-state index contributed by atoms with van der Waals surface area (Å²) in [4.78, 5) is 0. The molecule has 0 N–H and O–H groups in total. The van der Waals surface area contributed by atoms with Gasteiger partial charge in [-0.25, -0.2) is 0 Å². The molecule has 11 aromatic rings. The summed E-state index contributed by atoms with van der Waals surface area (Å²) in [6, 6.07) is 65.6. The molecule has 3 heteroatoms. The third-order valence-electron chi connectivity index (χ3n) is 10.5. The number of furan rings is 1. The van der Waals surface area contributed by atoms with Crippen molar-refractivity contribution >= 4 is 65.6 Å². The van der Waals surface area contributed by atoms with Crippen LogP contribution in [0.15, 0.2) is 186 Å². The second kappa shape index (κ2) is 10.8. The molecule has 0 saturated carbocycles. The Bertz CT molecular complexity index is 3110. The molecule has 0 aliphatic rings. The smallest absolute Gasteiger partial charge is 0.137 e. The number of benzene rings is 8. The normalized spacial score (nSPS) is 11.9. The molecule has 0 atom stereocenters. The maximum absolute atomic E-state index is 6.41. The zero-order valence-electron chi connectivity index (χ0n) is 27.6. The average molecular weight is 651 g/mol. The van der Waals surface area contributed by atoms with Crippen LogP contribution in [0, 0.1) is 0 Å². The Morgan fingerprint density at radius 3 is 1.76 bits per heavy atom. The summed E-state index contributed by atoms with van der Waals surface area (Å²) < 4.78 is 11.2. The summed E-state index contributed by atoms with van der Waals surface area (Å²) in [5.41, 5.74) is 13.6. The highest BCUT2D eigenvalue weighted by Gasteiger charge is 2.21. The van der Waals surface area contributed by atoms with E-state index in [1.807, 2.05) is 6.07 Å². The number of hydrogen-bond donors (Lipinski definition) is 0. The highest BCUT2D eigenvalue weighted by Crippen LogP contribution is 2.43. The van der Waals surface area contributed by atoms with Gasteiger partial charge in [-0.05, 0) is 77.4 Å². The van der Waals surface area contributed by atoms with Crippen molar-refractivity contribution < 1.29 is 4.42 Å². The summed E-state index contributed by atoms with van der Waals surface area (Å²) in [5, 5.41) is 7.14. The topological polar surface area (TPSA) is 23.0 Å². The van der Waals surface area contributed by atoms with Gasteiger partial charge in [0.05, 0.1) is 22.1 Å². The molecule has 0 spiro atoms. The van der Waals surface area contributed by atoms with Gasteiger partial charge in [-0.2, -0.15) is 0 Å². The van der Waals surface area contributed by atoms with Crippen LogP contribution >= 0.6 is 0 Å². The second-order valence-corrected chi connectivity index (χ2v) is 13.3. The standard InChI is InChI=1S/C48H30N2O/c1-4-14-31(15-5-1)33-26-38(32-16-6-2-7-17-32)48-42(27-33)36-20-10-12-22-43(36)50(48)35-24-25-44-39(28-35)40-29-41-37-21-11-13-23-46(37)51-47(41)30-45(40)49(44)34-18-8-3-9-19-34/h1-30H. The Hall–Kier alpha value is -6.84. The van der Waals surface area contributed by atoms with Crippen LogP contribution in [0.25, 0.3) is 99.2 Å². The SMILES string of the molecule is c1ccc(-c2cc(-c3ccccc3)c3c(c2)c2ccccc2n3-c2ccc3c(c2)c2cc4c(cc2n3-c2ccccc2)oc2ccccc24)cc1. The summed E-state index contributed by atoms with van der Waals surface area (Å²) in [6.07, 6.45) is 0. The van der Waals surface area contributed by atoms with Gasteiger partial charge in [-0.3, -0.25) is 0 Å². The van der Waals surface area contributed by atoms with E-state index in [0.29, 0.717) is 0 Å². The quantitative estimate of drug-likeness (QED) is 0.186. The minimum Gasteiger partial charge on any atom is -0.456 e. The first-order valence-electron chi connectivity index (χ1n) is 17.4. The van der Waals surface area contributed by atoms with Crippen LogP contribution < -0.4 is 0 Å². The molecular formula is C48H30N2O. The van der Waals surface area contributed by atoms with E-state index in [1.165, 1.54) is 54.8 Å². The van der Waals surface area contributed by atoms with Crippen molar-refractivity contribution in [2.75, 3.05) is 0 Å². The fourth-order valence-corrected chi connectivity index (χ4v) is 8.22. The lowest BCUT2D eigenvalue weighted by Gasteiger charge is -2.14. The number of fused-ring (bicyclic) bond motifs is 9. The third kappa shape index (κ3) is 4.19. The molecule has 0 bridgehead atoms. The van der Waals surface area contributed by atoms with Crippen molar-refractivity contribution in [2.24, 2.45) is 0 Å². The third-order valence-corrected chi connectivity index (χ3v) is 10.5. The van der Waals surface area contributed by atoms with E-state index >= 15 is 0 Å². The van der Waals surface area contributed by atoms with E-state index in [2.05, 4.69) is 185 Å². The molecule has 0 saturated heterocycles. The maximum atomic E-state index is 6.41. The van der Waals surface area contributed by atoms with Crippen molar-refractivity contribution in [2.45, 2.75) is 0 Å². The fourth-order valence-electron chi connectivity index (χ4n) is 8.22. The average Bonchev–Trinajstić information content (AvgIpc) is 3.84. The van der Waals surface area contributed by atoms with Crippen LogP contribution in [-0.2, 0) is 0 Å². The minimum atomic E-state index is 0.896. The molecule has 11 rings (SSSR count). The van der Waals surface area contributed by atoms with E-state index in [4.69, 9.17) is 4.42 Å². The van der Waals surface area contributed by atoms with Crippen molar-refractivity contribution in [3.8, 4) is 33.6 Å². The number of hydrogen-bond acceptors (Lipinski definition) is 1. The van der Waals surface area contributed by atoms with E-state index in [1.54, 1.807) is 0 Å². The Balaban J connectivity index is 1.26. The lowest BCUT2D eigenvalue weighted by Crippen LogP contribution is -1.97. The van der Waals surface area contributed by atoms with Gasteiger partial charge in [0.25, 0.3) is 0 Å². The summed E-state index contributed by atoms with van der Waals surface area (Å²) in [7, 11) is 0. The van der Waals surface area contributed by atoms with Crippen LogP contribution in [0.3, 0.4) is 0 Å². The molecule has 3 aromatic heterocycles. The van der Waals surface area contributed by atoms with Gasteiger partial charge in [-0.1, -0.05) is 115 Å². The van der Waals surface area contributed by atoms with Crippen LogP contribution in [-0.4, -0.2) is 9.13 Å². The number of nitrogens with zero attached hydrogens (tertiary/aromatic N) is 2. The molecule has 8 aromatic carbocycles. The molecular weight excluding hydrogens is 621 g/mol. The molecule has 238 valence electrons. The zero-order chi connectivity index (χ0) is 33.5. The van der Waals surface area contributed by atoms with Gasteiger partial charge >= 0.3 is 0 Å². The zero-order valence-corrected chi connectivity index (χ0v) is 27.6. The van der Waals surface area contributed by atoms with Crippen molar-refractivity contribution in [1.82, 2.24) is 9.13 Å². The van der Waals surface area contributed by atoms with Crippen molar-refractivity contribution in [1.29, 1.82) is 0 Å². The van der Waals surface area contributed by atoms with E-state index in [-0.39, 0.29) is 0 Å². The van der Waals surface area contributed by atoms with Gasteiger partial charge in [-0.15, -0.1) is 0 Å². The fraction of sp³-hybridized carbons (Fsp3) is 0. The molecule has 0 unspecified atom stereocenters. The number of para-hydroxylation sites is 3. The van der Waals surface area contributed by atoms with Crippen LogP contribution in [0.2, 0.25) is 0 Å². The van der Waals surface area contributed by atoms with Crippen molar-refractivity contribution in [3.63, 3.8) is 0 Å². The van der Waals surface area contributed by atoms with Gasteiger partial charge in [0, 0.05) is 55.3 Å². The number of aromatic nitrogens is 2. The minimum absolute atomic E-state index is 0.896. The Morgan fingerprint density at radius 2 is 0.961 bits per heavy atom. The summed E-state index contributed by atoms with van der Waals surface area (Å²) in [6.45, 7) is 0. The molecule has 0 aliphatic carbocycles. The lowest BCUT2D eigenvalue weighted by molar-refractivity contribution is 0.669. The van der Waals surface area contributed by atoms with E-state index in [0.717, 1.165) is 44.3 Å². The highest BCUT2D eigenvalue weighted by atomic mass is 16.3. The van der Waals surface area contributed by atoms with Crippen LogP contribution in [0.4, 0.5) is 0 Å². The van der Waals surface area contributed by atoms with Crippen molar-refractivity contribution in [3.05, 3.63) is 182 Å². The predicted molar refractivity (Wildman–Crippen MR) is 213 cm³/mol. The summed E-state index contributed by atoms with van der Waals surface area (Å²) in [5.74, 6) is 0. The number of rotatable bonds is 4. The highest BCUT2D eigenvalue weighted by molar-refractivity contribution is 6.19. The van der Waals surface area contributed by atoms with Gasteiger partial charge in [0.2, 0.25) is 0 Å². The Labute approximate surface area is 293 Å². The first-order chi connectivity index (χ1) is 25.3.